The van der Waals surface area contributed by atoms with Crippen LogP contribution in [0.4, 0.5) is 0 Å². The SMILES string of the molecule is C=CCC(C)NC1C(C)(C)[C@H]2CC[C@]1(C)C2. The van der Waals surface area contributed by atoms with Crippen molar-refractivity contribution in [2.75, 3.05) is 0 Å². The van der Waals surface area contributed by atoms with Gasteiger partial charge >= 0.3 is 0 Å². The molecule has 16 heavy (non-hydrogen) atoms. The van der Waals surface area contributed by atoms with Crippen molar-refractivity contribution in [2.24, 2.45) is 16.7 Å². The van der Waals surface area contributed by atoms with Crippen molar-refractivity contribution < 1.29 is 0 Å². The van der Waals surface area contributed by atoms with Crippen LogP contribution in [0.25, 0.3) is 0 Å². The number of hydrogen-bond acceptors (Lipinski definition) is 1. The molecule has 2 bridgehead atoms. The first-order valence-electron chi connectivity index (χ1n) is 6.77. The molecule has 0 aromatic rings. The molecular weight excluding hydrogens is 194 g/mol. The molecule has 0 aliphatic heterocycles. The van der Waals surface area contributed by atoms with Crippen molar-refractivity contribution in [3.63, 3.8) is 0 Å². The van der Waals surface area contributed by atoms with Gasteiger partial charge in [-0.05, 0) is 49.4 Å². The average Bonchev–Trinajstić information content (AvgIpc) is 2.64. The lowest BCUT2D eigenvalue weighted by atomic mass is 9.68. The summed E-state index contributed by atoms with van der Waals surface area (Å²) in [5, 5.41) is 3.87. The molecule has 2 unspecified atom stereocenters. The molecule has 1 heteroatoms. The molecule has 0 heterocycles. The van der Waals surface area contributed by atoms with Gasteiger partial charge in [0, 0.05) is 12.1 Å². The Morgan fingerprint density at radius 1 is 1.44 bits per heavy atom. The Hall–Kier alpha value is -0.300. The van der Waals surface area contributed by atoms with Gasteiger partial charge in [0.05, 0.1) is 0 Å². The van der Waals surface area contributed by atoms with Crippen LogP contribution >= 0.6 is 0 Å². The zero-order chi connectivity index (χ0) is 12.0. The minimum absolute atomic E-state index is 0.475. The van der Waals surface area contributed by atoms with Gasteiger partial charge in [-0.15, -0.1) is 6.58 Å². The molecule has 4 atom stereocenters. The van der Waals surface area contributed by atoms with E-state index in [9.17, 15) is 0 Å². The Labute approximate surface area is 101 Å². The van der Waals surface area contributed by atoms with E-state index in [0.717, 1.165) is 12.3 Å². The van der Waals surface area contributed by atoms with Crippen LogP contribution < -0.4 is 5.32 Å². The third-order valence-electron chi connectivity index (χ3n) is 5.24. The highest BCUT2D eigenvalue weighted by Gasteiger charge is 2.59. The summed E-state index contributed by atoms with van der Waals surface area (Å²) in [5.41, 5.74) is 1.02. The summed E-state index contributed by atoms with van der Waals surface area (Å²) in [7, 11) is 0. The van der Waals surface area contributed by atoms with Gasteiger partial charge in [0.1, 0.15) is 0 Å². The second kappa shape index (κ2) is 3.87. The minimum atomic E-state index is 0.475. The van der Waals surface area contributed by atoms with E-state index in [1.807, 2.05) is 6.08 Å². The lowest BCUT2D eigenvalue weighted by Crippen LogP contribution is -2.53. The van der Waals surface area contributed by atoms with Gasteiger partial charge in [-0.25, -0.2) is 0 Å². The highest BCUT2D eigenvalue weighted by atomic mass is 15.0. The number of hydrogen-bond donors (Lipinski definition) is 1. The summed E-state index contributed by atoms with van der Waals surface area (Å²) >= 11 is 0. The zero-order valence-electron chi connectivity index (χ0n) is 11.3. The second-order valence-corrected chi connectivity index (χ2v) is 6.94. The summed E-state index contributed by atoms with van der Waals surface area (Å²) in [6.45, 7) is 13.5. The Bertz CT molecular complexity index is 276. The lowest BCUT2D eigenvalue weighted by Gasteiger charge is -2.44. The smallest absolute Gasteiger partial charge is 0.0177 e. The maximum atomic E-state index is 3.87. The largest absolute Gasteiger partial charge is 0.310 e. The predicted molar refractivity (Wildman–Crippen MR) is 70.4 cm³/mol. The quantitative estimate of drug-likeness (QED) is 0.713. The van der Waals surface area contributed by atoms with E-state index in [4.69, 9.17) is 0 Å². The topological polar surface area (TPSA) is 12.0 Å². The highest BCUT2D eigenvalue weighted by Crippen LogP contribution is 2.62. The van der Waals surface area contributed by atoms with Crippen molar-refractivity contribution in [1.29, 1.82) is 0 Å². The molecule has 2 saturated carbocycles. The molecule has 0 aromatic heterocycles. The van der Waals surface area contributed by atoms with E-state index in [-0.39, 0.29) is 0 Å². The summed E-state index contributed by atoms with van der Waals surface area (Å²) in [4.78, 5) is 0. The van der Waals surface area contributed by atoms with Gasteiger partial charge in [0.25, 0.3) is 0 Å². The maximum Gasteiger partial charge on any atom is 0.0177 e. The van der Waals surface area contributed by atoms with Crippen LogP contribution in [-0.2, 0) is 0 Å². The van der Waals surface area contributed by atoms with Crippen LogP contribution in [0.2, 0.25) is 0 Å². The third-order valence-corrected chi connectivity index (χ3v) is 5.24. The first kappa shape index (κ1) is 12.2. The normalized spacial score (nSPS) is 42.2. The molecule has 2 rings (SSSR count). The zero-order valence-corrected chi connectivity index (χ0v) is 11.3. The second-order valence-electron chi connectivity index (χ2n) is 6.94. The number of rotatable bonds is 4. The van der Waals surface area contributed by atoms with E-state index in [1.165, 1.54) is 19.3 Å². The first-order valence-corrected chi connectivity index (χ1v) is 6.77. The maximum absolute atomic E-state index is 3.87. The molecule has 0 amide bonds. The summed E-state index contributed by atoms with van der Waals surface area (Å²) < 4.78 is 0. The lowest BCUT2D eigenvalue weighted by molar-refractivity contribution is 0.100. The molecule has 1 N–H and O–H groups in total. The van der Waals surface area contributed by atoms with Gasteiger partial charge in [-0.3, -0.25) is 0 Å². The van der Waals surface area contributed by atoms with Crippen LogP contribution in [0, 0.1) is 16.7 Å². The monoisotopic (exact) mass is 221 g/mol. The minimum Gasteiger partial charge on any atom is -0.310 e. The predicted octanol–water partition coefficient (Wildman–Crippen LogP) is 3.76. The van der Waals surface area contributed by atoms with Gasteiger partial charge in [-0.2, -0.15) is 0 Å². The molecule has 0 spiro atoms. The van der Waals surface area contributed by atoms with Crippen LogP contribution in [0.15, 0.2) is 12.7 Å². The van der Waals surface area contributed by atoms with Gasteiger partial charge in [0.15, 0.2) is 0 Å². The Morgan fingerprint density at radius 2 is 2.12 bits per heavy atom. The van der Waals surface area contributed by atoms with Gasteiger partial charge in [-0.1, -0.05) is 26.8 Å². The molecule has 0 radical (unpaired) electrons. The van der Waals surface area contributed by atoms with Crippen LogP contribution in [-0.4, -0.2) is 12.1 Å². The highest BCUT2D eigenvalue weighted by molar-refractivity contribution is 5.12. The summed E-state index contributed by atoms with van der Waals surface area (Å²) in [5.74, 6) is 0.936. The fourth-order valence-electron chi connectivity index (χ4n) is 4.32. The molecule has 1 nitrogen and oxygen atoms in total. The van der Waals surface area contributed by atoms with E-state index < -0.39 is 0 Å². The number of nitrogens with one attached hydrogen (secondary N) is 1. The van der Waals surface area contributed by atoms with Crippen molar-refractivity contribution in [3.8, 4) is 0 Å². The fraction of sp³-hybridized carbons (Fsp3) is 0.867. The first-order chi connectivity index (χ1) is 7.40. The van der Waals surface area contributed by atoms with E-state index in [0.29, 0.717) is 22.9 Å². The van der Waals surface area contributed by atoms with Crippen molar-refractivity contribution in [1.82, 2.24) is 5.32 Å². The van der Waals surface area contributed by atoms with Crippen molar-refractivity contribution in [2.45, 2.75) is 65.5 Å². The average molecular weight is 221 g/mol. The molecule has 92 valence electrons. The Morgan fingerprint density at radius 3 is 2.62 bits per heavy atom. The van der Waals surface area contributed by atoms with Crippen LogP contribution in [0.3, 0.4) is 0 Å². The molecular formula is C15H27N. The summed E-state index contributed by atoms with van der Waals surface area (Å²) in [6.07, 6.45) is 7.39. The van der Waals surface area contributed by atoms with Gasteiger partial charge in [0.2, 0.25) is 0 Å². The van der Waals surface area contributed by atoms with Crippen LogP contribution in [0.5, 0.6) is 0 Å². The molecule has 0 aromatic carbocycles. The van der Waals surface area contributed by atoms with Crippen molar-refractivity contribution >= 4 is 0 Å². The van der Waals surface area contributed by atoms with Gasteiger partial charge < -0.3 is 5.32 Å². The Balaban J connectivity index is 2.10. The summed E-state index contributed by atoms with van der Waals surface area (Å²) in [6, 6.07) is 1.26. The van der Waals surface area contributed by atoms with Crippen LogP contribution in [0.1, 0.15) is 53.4 Å². The fourth-order valence-corrected chi connectivity index (χ4v) is 4.32. The molecule has 2 fully saturated rings. The van der Waals surface area contributed by atoms with Crippen molar-refractivity contribution in [3.05, 3.63) is 12.7 Å². The van der Waals surface area contributed by atoms with E-state index in [1.54, 1.807) is 0 Å². The van der Waals surface area contributed by atoms with E-state index >= 15 is 0 Å². The molecule has 0 saturated heterocycles. The Kier molecular flexibility index (Phi) is 2.94. The molecule has 2 aliphatic rings. The standard InChI is InChI=1S/C15H27N/c1-6-7-11(2)16-13-14(3,4)12-8-9-15(13,5)10-12/h6,11-13,16H,1,7-10H2,2-5H3/t11?,12-,13?,15+/m0/s1. The number of fused-ring (bicyclic) bond motifs is 2. The third kappa shape index (κ3) is 1.73. The molecule has 2 aliphatic carbocycles. The van der Waals surface area contributed by atoms with E-state index in [2.05, 4.69) is 39.6 Å².